The zero-order valence-corrected chi connectivity index (χ0v) is 43.9. The molecule has 0 saturated carbocycles. The molecule has 0 saturated heterocycles. The zero-order valence-electron chi connectivity index (χ0n) is 43.9. The predicted octanol–water partition coefficient (Wildman–Crippen LogP) is 19.5. The topological polar surface area (TPSA) is 59.1 Å². The Morgan fingerprint density at radius 3 is 1.01 bits per heavy atom. The molecule has 1 aliphatic heterocycles. The van der Waals surface area contributed by atoms with E-state index in [-0.39, 0.29) is 6.67 Å². The van der Waals surface area contributed by atoms with Crippen LogP contribution in [-0.2, 0) is 25.7 Å². The molecule has 0 fully saturated rings. The Balaban J connectivity index is 1.40. The maximum absolute atomic E-state index is 14.9. The van der Waals surface area contributed by atoms with Gasteiger partial charge in [0.1, 0.15) is 18.2 Å². The number of amides is 2. The first kappa shape index (κ1) is 55.3. The summed E-state index contributed by atoms with van der Waals surface area (Å²) in [5.74, 6) is 1.26. The van der Waals surface area contributed by atoms with Crippen LogP contribution in [0.3, 0.4) is 0 Å². The number of carbonyl (C=O) groups is 2. The number of hydrogen-bond donors (Lipinski definition) is 0. The Bertz CT molecular complexity index is 1910. The van der Waals surface area contributed by atoms with Crippen molar-refractivity contribution in [2.45, 2.75) is 233 Å². The summed E-state index contributed by atoms with van der Waals surface area (Å²) in [6.07, 6.45) is 37.5. The van der Waals surface area contributed by atoms with Gasteiger partial charge in [-0.05, 0) is 97.9 Å². The van der Waals surface area contributed by atoms with Gasteiger partial charge in [0.15, 0.2) is 0 Å². The van der Waals surface area contributed by atoms with Gasteiger partial charge in [0.05, 0.1) is 11.4 Å². The average molecular weight is 941 g/mol. The van der Waals surface area contributed by atoms with E-state index >= 15 is 0 Å². The summed E-state index contributed by atoms with van der Waals surface area (Å²) >= 11 is 0. The first-order valence-corrected chi connectivity index (χ1v) is 28.4. The van der Waals surface area contributed by atoms with Gasteiger partial charge in [0.2, 0.25) is 0 Å². The van der Waals surface area contributed by atoms with Gasteiger partial charge in [-0.2, -0.15) is 0 Å². The van der Waals surface area contributed by atoms with Crippen LogP contribution in [-0.4, -0.2) is 18.9 Å². The van der Waals surface area contributed by atoms with Crippen LogP contribution < -0.4 is 19.3 Å². The lowest BCUT2D eigenvalue weighted by Gasteiger charge is -2.28. The Morgan fingerprint density at radius 1 is 0.362 bits per heavy atom. The highest BCUT2D eigenvalue weighted by atomic mass is 16.6. The van der Waals surface area contributed by atoms with Crippen LogP contribution in [0.1, 0.15) is 230 Å². The summed E-state index contributed by atoms with van der Waals surface area (Å²) in [5, 5.41) is 0. The molecule has 0 radical (unpaired) electrons. The number of ether oxygens (including phenoxy) is 2. The van der Waals surface area contributed by atoms with Crippen molar-refractivity contribution in [3.05, 3.63) is 107 Å². The SMILES string of the molecule is CCCCCCCCCc1cccc(OC(=O)N2CN(C(=O)Oc3cccc(CCCCCCCCC)c3CCCCCCCCC)c3ccccc3-c3ccccc32)c1CCCCCCCCC. The number of anilines is 2. The standard InChI is InChI=1S/C63H92N2O4/c1-5-9-13-17-21-25-29-39-52-41-37-49-60(54(52)43-31-27-23-19-15-11-7-3)68-62(66)64-51-65(59-48-36-34-46-57(59)56-45-33-35-47-58(56)64)63(67)69-61-50-38-42-53(40-30-26-22-18-14-10-6-2)55(61)44-32-28-24-20-16-12-8-4/h33-38,41-42,45-50H,5-32,39-40,43-44,51H2,1-4H3. The average Bonchev–Trinajstić information content (AvgIpc) is 3.51. The molecule has 378 valence electrons. The highest BCUT2D eigenvalue weighted by Crippen LogP contribution is 2.42. The van der Waals surface area contributed by atoms with E-state index < -0.39 is 12.2 Å². The van der Waals surface area contributed by atoms with Crippen LogP contribution in [0.4, 0.5) is 21.0 Å². The van der Waals surface area contributed by atoms with Gasteiger partial charge in [-0.3, -0.25) is 9.80 Å². The number of carbonyl (C=O) groups excluding carboxylic acids is 2. The normalized spacial score (nSPS) is 12.2. The fourth-order valence-electron chi connectivity index (χ4n) is 10.3. The molecule has 0 spiro atoms. The number of para-hydroxylation sites is 2. The highest BCUT2D eigenvalue weighted by molar-refractivity contribution is 6.04. The van der Waals surface area contributed by atoms with Crippen molar-refractivity contribution in [2.24, 2.45) is 0 Å². The fraction of sp³-hybridized carbons (Fsp3) is 0.587. The highest BCUT2D eigenvalue weighted by Gasteiger charge is 2.34. The molecule has 4 aromatic carbocycles. The summed E-state index contributed by atoms with van der Waals surface area (Å²) in [4.78, 5) is 33.1. The Labute approximate surface area is 420 Å². The molecule has 4 aromatic rings. The lowest BCUT2D eigenvalue weighted by molar-refractivity contribution is 0.202. The Hall–Kier alpha value is -4.58. The smallest absolute Gasteiger partial charge is 0.410 e. The maximum Gasteiger partial charge on any atom is 0.421 e. The van der Waals surface area contributed by atoms with E-state index in [2.05, 4.69) is 52.0 Å². The van der Waals surface area contributed by atoms with E-state index in [0.717, 1.165) is 73.6 Å². The Morgan fingerprint density at radius 2 is 0.667 bits per heavy atom. The third kappa shape index (κ3) is 18.6. The van der Waals surface area contributed by atoms with E-state index in [0.29, 0.717) is 22.9 Å². The van der Waals surface area contributed by atoms with Crippen LogP contribution in [0.5, 0.6) is 11.5 Å². The van der Waals surface area contributed by atoms with Crippen molar-refractivity contribution in [2.75, 3.05) is 16.5 Å². The van der Waals surface area contributed by atoms with E-state index in [4.69, 9.17) is 9.47 Å². The summed E-state index contributed by atoms with van der Waals surface area (Å²) in [6.45, 7) is 9.02. The summed E-state index contributed by atoms with van der Waals surface area (Å²) < 4.78 is 13.1. The first-order valence-electron chi connectivity index (χ1n) is 28.4. The van der Waals surface area contributed by atoms with Crippen molar-refractivity contribution < 1.29 is 19.1 Å². The largest absolute Gasteiger partial charge is 0.421 e. The molecule has 0 N–H and O–H groups in total. The van der Waals surface area contributed by atoms with E-state index in [1.807, 2.05) is 60.7 Å². The van der Waals surface area contributed by atoms with Crippen LogP contribution in [0.15, 0.2) is 84.9 Å². The van der Waals surface area contributed by atoms with Gasteiger partial charge in [-0.1, -0.05) is 242 Å². The molecule has 2 amide bonds. The lowest BCUT2D eigenvalue weighted by atomic mass is 9.95. The molecule has 1 aliphatic rings. The monoisotopic (exact) mass is 941 g/mol. The molecule has 0 aliphatic carbocycles. The molecular formula is C63H92N2O4. The van der Waals surface area contributed by atoms with Crippen LogP contribution >= 0.6 is 0 Å². The molecule has 1 heterocycles. The number of fused-ring (bicyclic) bond motifs is 3. The van der Waals surface area contributed by atoms with Gasteiger partial charge in [0.25, 0.3) is 0 Å². The quantitative estimate of drug-likeness (QED) is 0.0438. The Kier molecular flexibility index (Phi) is 26.5. The number of unbranched alkanes of at least 4 members (excludes halogenated alkanes) is 24. The van der Waals surface area contributed by atoms with Crippen molar-refractivity contribution >= 4 is 23.6 Å². The number of benzene rings is 4. The molecule has 0 bridgehead atoms. The summed E-state index contributed by atoms with van der Waals surface area (Å²) in [6, 6.07) is 28.4. The molecule has 6 heteroatoms. The zero-order chi connectivity index (χ0) is 48.7. The van der Waals surface area contributed by atoms with Gasteiger partial charge < -0.3 is 9.47 Å². The molecular weight excluding hydrogens is 849 g/mol. The maximum atomic E-state index is 14.9. The van der Waals surface area contributed by atoms with Gasteiger partial charge in [-0.15, -0.1) is 0 Å². The van der Waals surface area contributed by atoms with E-state index in [1.165, 1.54) is 165 Å². The van der Waals surface area contributed by atoms with Crippen molar-refractivity contribution in [3.63, 3.8) is 0 Å². The molecule has 6 nitrogen and oxygen atoms in total. The number of rotatable bonds is 34. The number of aryl methyl sites for hydroxylation is 2. The second-order valence-electron chi connectivity index (χ2n) is 20.0. The molecule has 0 atom stereocenters. The minimum absolute atomic E-state index is 0.0542. The second-order valence-corrected chi connectivity index (χ2v) is 20.0. The summed E-state index contributed by atoms with van der Waals surface area (Å²) in [5.41, 5.74) is 8.02. The third-order valence-corrected chi connectivity index (χ3v) is 14.4. The number of nitrogens with zero attached hydrogens (tertiary/aromatic N) is 2. The van der Waals surface area contributed by atoms with Crippen molar-refractivity contribution in [3.8, 4) is 22.6 Å². The molecule has 69 heavy (non-hydrogen) atoms. The summed E-state index contributed by atoms with van der Waals surface area (Å²) in [7, 11) is 0. The van der Waals surface area contributed by atoms with Crippen LogP contribution in [0.2, 0.25) is 0 Å². The second kappa shape index (κ2) is 33.1. The number of hydrogen-bond acceptors (Lipinski definition) is 4. The van der Waals surface area contributed by atoms with Gasteiger partial charge in [0, 0.05) is 11.1 Å². The van der Waals surface area contributed by atoms with E-state index in [1.54, 1.807) is 9.80 Å². The first-order chi connectivity index (χ1) is 34.0. The van der Waals surface area contributed by atoms with Gasteiger partial charge in [-0.25, -0.2) is 9.59 Å². The third-order valence-electron chi connectivity index (χ3n) is 14.4. The molecule has 5 rings (SSSR count). The predicted molar refractivity (Wildman–Crippen MR) is 293 cm³/mol. The van der Waals surface area contributed by atoms with Gasteiger partial charge >= 0.3 is 12.2 Å². The van der Waals surface area contributed by atoms with Crippen molar-refractivity contribution in [1.29, 1.82) is 0 Å². The van der Waals surface area contributed by atoms with Crippen molar-refractivity contribution in [1.82, 2.24) is 0 Å². The lowest BCUT2D eigenvalue weighted by Crippen LogP contribution is -2.46. The molecule has 0 aromatic heterocycles. The van der Waals surface area contributed by atoms with E-state index in [9.17, 15) is 9.59 Å². The minimum Gasteiger partial charge on any atom is -0.410 e. The molecule has 0 unspecified atom stereocenters. The van der Waals surface area contributed by atoms with Crippen LogP contribution in [0.25, 0.3) is 11.1 Å². The fourth-order valence-corrected chi connectivity index (χ4v) is 10.3. The minimum atomic E-state index is -0.502. The van der Waals surface area contributed by atoms with Crippen LogP contribution in [0, 0.1) is 0 Å².